The van der Waals surface area contributed by atoms with Crippen molar-refractivity contribution in [1.29, 1.82) is 0 Å². The van der Waals surface area contributed by atoms with Gasteiger partial charge in [-0.25, -0.2) is 4.79 Å². The predicted molar refractivity (Wildman–Crippen MR) is 460 cm³/mol. The molecule has 1 unspecified atom stereocenters. The van der Waals surface area contributed by atoms with Gasteiger partial charge in [0.1, 0.15) is 28.6 Å². The number of allylic oxidation sites excluding steroid dienone is 1. The summed E-state index contributed by atoms with van der Waals surface area (Å²) in [5, 5.41) is 12.1. The van der Waals surface area contributed by atoms with Gasteiger partial charge >= 0.3 is 6.09 Å². The Morgan fingerprint density at radius 2 is 1.02 bits per heavy atom. The van der Waals surface area contributed by atoms with Crippen LogP contribution < -0.4 is 40.2 Å². The molecule has 2 spiro atoms. The van der Waals surface area contributed by atoms with Gasteiger partial charge in [0, 0.05) is 119 Å². The van der Waals surface area contributed by atoms with Gasteiger partial charge in [-0.2, -0.15) is 0 Å². The predicted octanol–water partition coefficient (Wildman–Crippen LogP) is 15.7. The molecule has 24 heteroatoms. The first-order valence-corrected chi connectivity index (χ1v) is 40.7. The van der Waals surface area contributed by atoms with E-state index < -0.39 is 22.8 Å². The van der Waals surface area contributed by atoms with Crippen LogP contribution in [0.5, 0.6) is 23.0 Å². The molecule has 4 aliphatic heterocycles. The molecule has 620 valence electrons. The minimum absolute atomic E-state index is 0.0206. The van der Waals surface area contributed by atoms with E-state index in [0.29, 0.717) is 125 Å². The van der Waals surface area contributed by atoms with Crippen molar-refractivity contribution in [3.63, 3.8) is 0 Å². The van der Waals surface area contributed by atoms with E-state index in [9.17, 15) is 47.9 Å². The summed E-state index contributed by atoms with van der Waals surface area (Å²) in [6, 6.07) is 54.4. The second-order valence-electron chi connectivity index (χ2n) is 31.0. The third-order valence-corrected chi connectivity index (χ3v) is 23.1. The number of aldehydes is 3. The van der Waals surface area contributed by atoms with Gasteiger partial charge < -0.3 is 64.6 Å². The van der Waals surface area contributed by atoms with Crippen molar-refractivity contribution in [3.05, 3.63) is 316 Å². The van der Waals surface area contributed by atoms with E-state index >= 15 is 0 Å². The number of piperidine rings is 1. The Kier molecular flexibility index (Phi) is 27.9. The number of fused-ring (bicyclic) bond motifs is 4. The van der Waals surface area contributed by atoms with Crippen LogP contribution >= 0.6 is 15.9 Å². The Balaban J connectivity index is 0.000000166. The van der Waals surface area contributed by atoms with E-state index in [4.69, 9.17) is 23.7 Å². The normalized spacial score (nSPS) is 15.4. The minimum atomic E-state index is -0.616. The first-order chi connectivity index (χ1) is 57.9. The number of hydrogen-bond donors (Lipinski definition) is 4. The highest BCUT2D eigenvalue weighted by Gasteiger charge is 2.51. The molecule has 0 aromatic heterocycles. The first-order valence-electron chi connectivity index (χ1n) is 39.9. The average Bonchev–Trinajstić information content (AvgIpc) is 1.57. The number of amides is 7. The highest BCUT2D eigenvalue weighted by Crippen LogP contribution is 2.49. The fourth-order valence-corrected chi connectivity index (χ4v) is 16.6. The third-order valence-electron chi connectivity index (χ3n) is 22.5. The topological polar surface area (TPSA) is 278 Å². The lowest BCUT2D eigenvalue weighted by Gasteiger charge is -2.43. The van der Waals surface area contributed by atoms with Crippen molar-refractivity contribution in [2.45, 2.75) is 129 Å². The molecule has 9 aromatic carbocycles. The zero-order valence-electron chi connectivity index (χ0n) is 68.9. The number of nitrogens with zero attached hydrogens (tertiary/aromatic N) is 4. The molecule has 9 aromatic rings. The van der Waals surface area contributed by atoms with E-state index in [1.165, 1.54) is 0 Å². The van der Waals surface area contributed by atoms with Crippen molar-refractivity contribution in [3.8, 4) is 23.0 Å². The largest absolute Gasteiger partial charge is 0.497 e. The van der Waals surface area contributed by atoms with Gasteiger partial charge in [-0.1, -0.05) is 109 Å². The first kappa shape index (κ1) is 86.5. The van der Waals surface area contributed by atoms with Crippen molar-refractivity contribution >= 4 is 76.3 Å². The van der Waals surface area contributed by atoms with Crippen LogP contribution in [0.25, 0.3) is 0 Å². The quantitative estimate of drug-likeness (QED) is 0.0323. The Morgan fingerprint density at radius 3 is 1.48 bits per heavy atom. The molecule has 7 amide bonds. The van der Waals surface area contributed by atoms with Crippen LogP contribution in [0, 0.1) is 13.8 Å². The monoisotopic (exact) mass is 1680 g/mol. The second kappa shape index (κ2) is 38.7. The zero-order chi connectivity index (χ0) is 85.4. The Hall–Kier alpha value is -12.8. The number of carbonyl (C=O) groups is 10. The number of aryl methyl sites for hydroxylation is 2. The van der Waals surface area contributed by atoms with Crippen LogP contribution in [0.3, 0.4) is 0 Å². The molecule has 1 saturated heterocycles. The number of benzene rings is 9. The van der Waals surface area contributed by atoms with Gasteiger partial charge in [-0.05, 0) is 231 Å². The SMILES string of the molecule is COc1ccc(CN(C(=O)c2ccc(CNC(=O)c3ccccc3C=O)cc2Br)C2=CCN(C(=O)OC(C)(C)C)CC2)c(OC)c1.COc1ccc(CN2C(=O)c3ccc(CNC(=O)c4ccccc4C=O)cc3C23C=CCCC3)c(C)c1.COc1ccc(CN2C(=O)c3ccc(CNC(=O)c4ccccc4C=O)cc3C23CCNCC3)c(C)c1. The van der Waals surface area contributed by atoms with Crippen LogP contribution in [-0.4, -0.2) is 140 Å². The van der Waals surface area contributed by atoms with Gasteiger partial charge in [0.2, 0.25) is 0 Å². The fourth-order valence-electron chi connectivity index (χ4n) is 16.0. The van der Waals surface area contributed by atoms with Crippen molar-refractivity contribution < 1.29 is 71.6 Å². The van der Waals surface area contributed by atoms with Crippen LogP contribution in [0.4, 0.5) is 4.79 Å². The van der Waals surface area contributed by atoms with E-state index in [-0.39, 0.29) is 48.5 Å². The maximum absolute atomic E-state index is 14.2. The van der Waals surface area contributed by atoms with Crippen LogP contribution in [0.1, 0.15) is 208 Å². The number of rotatable bonds is 24. The molecule has 0 saturated carbocycles. The summed E-state index contributed by atoms with van der Waals surface area (Å²) in [6.07, 6.45) is 12.8. The lowest BCUT2D eigenvalue weighted by atomic mass is 9.80. The highest BCUT2D eigenvalue weighted by atomic mass is 79.9. The zero-order valence-corrected chi connectivity index (χ0v) is 70.5. The average molecular weight is 1680 g/mol. The molecule has 23 nitrogen and oxygen atoms in total. The summed E-state index contributed by atoms with van der Waals surface area (Å²) in [5.74, 6) is 1.64. The van der Waals surface area contributed by atoms with Crippen LogP contribution in [0.15, 0.2) is 210 Å². The Morgan fingerprint density at radius 1 is 0.542 bits per heavy atom. The van der Waals surface area contributed by atoms with Gasteiger partial charge in [0.15, 0.2) is 18.9 Å². The lowest BCUT2D eigenvalue weighted by molar-refractivity contribution is 0.0258. The van der Waals surface area contributed by atoms with Gasteiger partial charge in [-0.15, -0.1) is 0 Å². The molecule has 1 aliphatic carbocycles. The fraction of sp³-hybridized carbons (Fsp3) is 0.292. The van der Waals surface area contributed by atoms with Crippen molar-refractivity contribution in [2.75, 3.05) is 54.6 Å². The summed E-state index contributed by atoms with van der Waals surface area (Å²) in [4.78, 5) is 134. The number of methoxy groups -OCH3 is 4. The maximum atomic E-state index is 14.2. The molecule has 5 aliphatic rings. The van der Waals surface area contributed by atoms with Crippen LogP contribution in [-0.2, 0) is 55.1 Å². The molecule has 1 atom stereocenters. The van der Waals surface area contributed by atoms with Gasteiger partial charge in [-0.3, -0.25) is 43.2 Å². The summed E-state index contributed by atoms with van der Waals surface area (Å²) >= 11 is 3.57. The molecule has 1 fully saturated rings. The smallest absolute Gasteiger partial charge is 0.410 e. The summed E-state index contributed by atoms with van der Waals surface area (Å²) in [6.45, 7) is 13.9. The van der Waals surface area contributed by atoms with E-state index in [0.717, 1.165) is 124 Å². The third kappa shape index (κ3) is 19.5. The van der Waals surface area contributed by atoms with Gasteiger partial charge in [0.05, 0.1) is 51.6 Å². The van der Waals surface area contributed by atoms with Crippen LogP contribution in [0.2, 0.25) is 0 Å². The Bertz CT molecular complexity index is 5470. The molecule has 4 N–H and O–H groups in total. The standard InChI is InChI=1S/C35H38BrN3O7.C31H30N2O4.C30H31N3O4/c1-35(2,3)46-34(43)38-16-14-26(15-17-38)39(21-24-11-12-27(44-4)19-31(24)45-5)33(42)29-13-10-23(18-30(29)36)20-37-32(41)28-9-7-6-8-25(28)22-40;1-21-16-25(37-2)12-11-23(21)19-33-30(36)27-13-10-22(17-28(27)31(33)14-6-3-7-15-31)18-32-29(35)26-9-5-4-8-24(26)20-34;1-20-15-24(37-2)9-8-22(20)18-33-29(36)26-10-7-21(16-27(26)30(33)11-13-31-14-12-30)17-32-28(35)25-6-4-3-5-23(25)19-34/h6-14,18-19,22H,15-17,20-21H2,1-5H3,(H,37,41);4-6,8-14,16-17,20H,3,7,15,18-19H2,1-2H3,(H,32,35);3-10,15-16,19,31H,11-14,17-18H2,1-2H3,(H,32,35). The minimum Gasteiger partial charge on any atom is -0.497 e. The number of hydrogen-bond acceptors (Lipinski definition) is 16. The van der Waals surface area contributed by atoms with Crippen molar-refractivity contribution in [1.82, 2.24) is 40.9 Å². The highest BCUT2D eigenvalue weighted by molar-refractivity contribution is 9.10. The molecule has 120 heavy (non-hydrogen) atoms. The molecular formula is C96H99BrN8O15. The van der Waals surface area contributed by atoms with E-state index in [1.54, 1.807) is 135 Å². The molecule has 0 radical (unpaired) electrons. The lowest BCUT2D eigenvalue weighted by Crippen LogP contribution is -2.50. The van der Waals surface area contributed by atoms with E-state index in [2.05, 4.69) is 61.5 Å². The van der Waals surface area contributed by atoms with E-state index in [1.807, 2.05) is 123 Å². The number of ether oxygens (including phenoxy) is 5. The summed E-state index contributed by atoms with van der Waals surface area (Å²) in [7, 11) is 6.44. The molecular weight excluding hydrogens is 1590 g/mol. The van der Waals surface area contributed by atoms with Gasteiger partial charge in [0.25, 0.3) is 35.4 Å². The maximum Gasteiger partial charge on any atom is 0.410 e. The summed E-state index contributed by atoms with van der Waals surface area (Å²) in [5.41, 5.74) is 12.8. The number of nitrogens with one attached hydrogen (secondary N) is 4. The second-order valence-corrected chi connectivity index (χ2v) is 31.9. The molecule has 4 heterocycles. The Labute approximate surface area is 707 Å². The molecule has 0 bridgehead atoms. The molecule has 14 rings (SSSR count). The number of carbonyl (C=O) groups excluding carboxylic acids is 10. The summed E-state index contributed by atoms with van der Waals surface area (Å²) < 4.78 is 27.8. The number of halogens is 1. The van der Waals surface area contributed by atoms with Crippen molar-refractivity contribution in [2.24, 2.45) is 0 Å².